The normalized spacial score (nSPS) is 11.6. The fraction of sp³-hybridized carbons (Fsp3) is 0.333. The van der Waals surface area contributed by atoms with Crippen molar-refractivity contribution in [3.63, 3.8) is 0 Å². The molecule has 1 aromatic carbocycles. The number of carbonyl (C=O) groups excluding carboxylic acids is 1. The Morgan fingerprint density at radius 1 is 1.50 bits per heavy atom. The first-order valence-electron chi connectivity index (χ1n) is 6.42. The summed E-state index contributed by atoms with van der Waals surface area (Å²) in [7, 11) is 0. The Morgan fingerprint density at radius 3 is 2.80 bits per heavy atom. The highest BCUT2D eigenvalue weighted by molar-refractivity contribution is 7.22. The summed E-state index contributed by atoms with van der Waals surface area (Å²) in [5.74, 6) is -0.00808. The zero-order valence-electron chi connectivity index (χ0n) is 12.0. The molecular formula is C15H19N3OS. The van der Waals surface area contributed by atoms with Crippen LogP contribution in [0.4, 0.5) is 5.13 Å². The highest BCUT2D eigenvalue weighted by atomic mass is 32.1. The van der Waals surface area contributed by atoms with Gasteiger partial charge in [0.05, 0.1) is 10.2 Å². The molecule has 1 heterocycles. The molecule has 0 aliphatic heterocycles. The molecule has 1 amide bonds. The van der Waals surface area contributed by atoms with Crippen molar-refractivity contribution in [2.45, 2.75) is 26.3 Å². The van der Waals surface area contributed by atoms with Crippen molar-refractivity contribution < 1.29 is 4.79 Å². The molecule has 0 unspecified atom stereocenters. The molecule has 5 heteroatoms. The maximum atomic E-state index is 12.7. The summed E-state index contributed by atoms with van der Waals surface area (Å²) in [5.41, 5.74) is 6.91. The highest BCUT2D eigenvalue weighted by Gasteiger charge is 2.26. The van der Waals surface area contributed by atoms with Gasteiger partial charge in [-0.05, 0) is 39.0 Å². The molecule has 0 aliphatic carbocycles. The van der Waals surface area contributed by atoms with Crippen molar-refractivity contribution in [3.8, 4) is 0 Å². The predicted octanol–water partition coefficient (Wildman–Crippen LogP) is 3.31. The molecule has 1 aromatic heterocycles. The Labute approximate surface area is 122 Å². The smallest absolute Gasteiger partial charge is 0.254 e. The van der Waals surface area contributed by atoms with Gasteiger partial charge in [0.1, 0.15) is 0 Å². The SMILES string of the molecule is C=CCN(C(=O)c1ccc2nc(N)sc2c1)C(C)(C)C. The fourth-order valence-electron chi connectivity index (χ4n) is 2.02. The Bertz CT molecular complexity index is 655. The van der Waals surface area contributed by atoms with Crippen molar-refractivity contribution >= 4 is 32.6 Å². The van der Waals surface area contributed by atoms with Crippen LogP contribution in [-0.4, -0.2) is 27.9 Å². The van der Waals surface area contributed by atoms with E-state index in [-0.39, 0.29) is 11.4 Å². The van der Waals surface area contributed by atoms with Crippen LogP contribution in [0.15, 0.2) is 30.9 Å². The number of benzene rings is 1. The number of carbonyl (C=O) groups is 1. The lowest BCUT2D eigenvalue weighted by molar-refractivity contribution is 0.0617. The number of thiazole rings is 1. The predicted molar refractivity (Wildman–Crippen MR) is 85.0 cm³/mol. The standard InChI is InChI=1S/C15H19N3OS/c1-5-8-18(15(2,3)4)13(19)10-6-7-11-12(9-10)20-14(16)17-11/h5-7,9H,1,8H2,2-4H3,(H2,16,17). The third kappa shape index (κ3) is 2.82. The van der Waals surface area contributed by atoms with Crippen LogP contribution in [0.3, 0.4) is 0 Å². The van der Waals surface area contributed by atoms with Crippen molar-refractivity contribution in [2.75, 3.05) is 12.3 Å². The Morgan fingerprint density at radius 2 is 2.20 bits per heavy atom. The average Bonchev–Trinajstić information content (AvgIpc) is 2.72. The Balaban J connectivity index is 2.40. The molecule has 0 spiro atoms. The summed E-state index contributed by atoms with van der Waals surface area (Å²) in [6, 6.07) is 5.49. The first-order chi connectivity index (χ1) is 9.32. The summed E-state index contributed by atoms with van der Waals surface area (Å²) in [4.78, 5) is 18.7. The van der Waals surface area contributed by atoms with E-state index in [4.69, 9.17) is 5.73 Å². The lowest BCUT2D eigenvalue weighted by atomic mass is 10.0. The molecule has 0 bridgehead atoms. The van der Waals surface area contributed by atoms with E-state index in [2.05, 4.69) is 11.6 Å². The largest absolute Gasteiger partial charge is 0.375 e. The number of rotatable bonds is 3. The van der Waals surface area contributed by atoms with Gasteiger partial charge in [-0.25, -0.2) is 4.98 Å². The van der Waals surface area contributed by atoms with Crippen molar-refractivity contribution in [1.82, 2.24) is 9.88 Å². The minimum Gasteiger partial charge on any atom is -0.375 e. The van der Waals surface area contributed by atoms with Crippen LogP contribution in [0.2, 0.25) is 0 Å². The molecule has 2 rings (SSSR count). The van der Waals surface area contributed by atoms with E-state index in [1.165, 1.54) is 11.3 Å². The van der Waals surface area contributed by atoms with Crippen LogP contribution < -0.4 is 5.73 Å². The quantitative estimate of drug-likeness (QED) is 0.882. The minimum absolute atomic E-state index is 0.00808. The molecule has 0 saturated carbocycles. The van der Waals surface area contributed by atoms with Crippen LogP contribution >= 0.6 is 11.3 Å². The number of aromatic nitrogens is 1. The fourth-order valence-corrected chi connectivity index (χ4v) is 2.80. The van der Waals surface area contributed by atoms with E-state index in [9.17, 15) is 4.79 Å². The van der Waals surface area contributed by atoms with Crippen molar-refractivity contribution in [1.29, 1.82) is 0 Å². The minimum atomic E-state index is -0.257. The van der Waals surface area contributed by atoms with E-state index in [1.807, 2.05) is 32.9 Å². The number of anilines is 1. The number of nitrogens with zero attached hydrogens (tertiary/aromatic N) is 2. The Kier molecular flexibility index (Phi) is 3.81. The molecule has 106 valence electrons. The second-order valence-corrected chi connectivity index (χ2v) is 6.67. The second-order valence-electron chi connectivity index (χ2n) is 5.61. The molecule has 0 saturated heterocycles. The van der Waals surface area contributed by atoms with Crippen LogP contribution in [0.1, 0.15) is 31.1 Å². The number of amides is 1. The molecule has 0 radical (unpaired) electrons. The van der Waals surface area contributed by atoms with Gasteiger partial charge in [-0.2, -0.15) is 0 Å². The maximum absolute atomic E-state index is 12.7. The summed E-state index contributed by atoms with van der Waals surface area (Å²) >= 11 is 1.39. The molecule has 2 aromatic rings. The van der Waals surface area contributed by atoms with E-state index in [1.54, 1.807) is 17.0 Å². The van der Waals surface area contributed by atoms with Gasteiger partial charge in [-0.15, -0.1) is 6.58 Å². The lowest BCUT2D eigenvalue weighted by Crippen LogP contribution is -2.45. The van der Waals surface area contributed by atoms with E-state index < -0.39 is 0 Å². The average molecular weight is 289 g/mol. The zero-order valence-corrected chi connectivity index (χ0v) is 12.8. The van der Waals surface area contributed by atoms with Crippen LogP contribution in [0, 0.1) is 0 Å². The van der Waals surface area contributed by atoms with E-state index in [0.717, 1.165) is 10.2 Å². The van der Waals surface area contributed by atoms with E-state index in [0.29, 0.717) is 17.2 Å². The van der Waals surface area contributed by atoms with Gasteiger partial charge in [0.15, 0.2) is 5.13 Å². The molecule has 0 atom stereocenters. The summed E-state index contributed by atoms with van der Waals surface area (Å²) in [6.07, 6.45) is 1.74. The second kappa shape index (κ2) is 5.25. The van der Waals surface area contributed by atoms with Crippen LogP contribution in [0.5, 0.6) is 0 Å². The molecule has 20 heavy (non-hydrogen) atoms. The third-order valence-electron chi connectivity index (χ3n) is 3.02. The number of hydrogen-bond acceptors (Lipinski definition) is 4. The highest BCUT2D eigenvalue weighted by Crippen LogP contribution is 2.26. The lowest BCUT2D eigenvalue weighted by Gasteiger charge is -2.35. The first-order valence-corrected chi connectivity index (χ1v) is 7.23. The Hall–Kier alpha value is -1.88. The van der Waals surface area contributed by atoms with E-state index >= 15 is 0 Å². The summed E-state index contributed by atoms with van der Waals surface area (Å²) in [6.45, 7) is 10.3. The summed E-state index contributed by atoms with van der Waals surface area (Å²) in [5, 5.41) is 0.517. The van der Waals surface area contributed by atoms with Gasteiger partial charge in [0.25, 0.3) is 5.91 Å². The van der Waals surface area contributed by atoms with Gasteiger partial charge in [0.2, 0.25) is 0 Å². The zero-order chi connectivity index (χ0) is 14.9. The molecule has 4 nitrogen and oxygen atoms in total. The summed E-state index contributed by atoms with van der Waals surface area (Å²) < 4.78 is 0.931. The number of nitrogens with two attached hydrogens (primary N) is 1. The molecular weight excluding hydrogens is 270 g/mol. The molecule has 0 aliphatic rings. The van der Waals surface area contributed by atoms with Gasteiger partial charge >= 0.3 is 0 Å². The number of nitrogen functional groups attached to an aromatic ring is 1. The van der Waals surface area contributed by atoms with Gasteiger partial charge in [-0.1, -0.05) is 17.4 Å². The third-order valence-corrected chi connectivity index (χ3v) is 3.87. The van der Waals surface area contributed by atoms with Crippen LogP contribution in [-0.2, 0) is 0 Å². The van der Waals surface area contributed by atoms with Crippen molar-refractivity contribution in [3.05, 3.63) is 36.4 Å². The van der Waals surface area contributed by atoms with Crippen LogP contribution in [0.25, 0.3) is 10.2 Å². The maximum Gasteiger partial charge on any atom is 0.254 e. The number of hydrogen-bond donors (Lipinski definition) is 1. The van der Waals surface area contributed by atoms with Crippen molar-refractivity contribution in [2.24, 2.45) is 0 Å². The first kappa shape index (κ1) is 14.5. The monoisotopic (exact) mass is 289 g/mol. The molecule has 2 N–H and O–H groups in total. The van der Waals surface area contributed by atoms with Gasteiger partial charge in [-0.3, -0.25) is 4.79 Å². The van der Waals surface area contributed by atoms with Gasteiger partial charge < -0.3 is 10.6 Å². The topological polar surface area (TPSA) is 59.2 Å². The molecule has 0 fully saturated rings. The number of fused-ring (bicyclic) bond motifs is 1. The van der Waals surface area contributed by atoms with Gasteiger partial charge in [0, 0.05) is 17.6 Å².